The van der Waals surface area contributed by atoms with Gasteiger partial charge in [-0.3, -0.25) is 0 Å². The number of aromatic nitrogens is 2. The van der Waals surface area contributed by atoms with Crippen molar-refractivity contribution in [3.8, 4) is 11.5 Å². The van der Waals surface area contributed by atoms with Crippen LogP contribution >= 0.6 is 0 Å². The smallest absolute Gasteiger partial charge is 0.317 e. The maximum atomic E-state index is 12.2. The number of hydrogen-bond acceptors (Lipinski definition) is 4. The monoisotopic (exact) mass is 376 g/mol. The molecule has 1 aliphatic rings. The summed E-state index contributed by atoms with van der Waals surface area (Å²) < 4.78 is 5.66. The van der Waals surface area contributed by atoms with Crippen LogP contribution in [0.25, 0.3) is 11.5 Å². The van der Waals surface area contributed by atoms with Gasteiger partial charge < -0.3 is 14.6 Å². The van der Waals surface area contributed by atoms with E-state index in [1.165, 1.54) is 11.1 Å². The Labute approximate surface area is 164 Å². The van der Waals surface area contributed by atoms with Crippen molar-refractivity contribution in [1.82, 2.24) is 20.4 Å². The summed E-state index contributed by atoms with van der Waals surface area (Å²) in [6, 6.07) is 18.3. The van der Waals surface area contributed by atoms with E-state index in [1.54, 1.807) is 0 Å². The summed E-state index contributed by atoms with van der Waals surface area (Å²) in [5, 5.41) is 11.0. The van der Waals surface area contributed by atoms with Crippen molar-refractivity contribution < 1.29 is 9.21 Å². The lowest BCUT2D eigenvalue weighted by molar-refractivity contribution is 0.120. The van der Waals surface area contributed by atoms with Crippen LogP contribution in [-0.2, 0) is 12.8 Å². The molecule has 0 aliphatic carbocycles. The van der Waals surface area contributed by atoms with Crippen molar-refractivity contribution in [2.24, 2.45) is 5.92 Å². The van der Waals surface area contributed by atoms with Gasteiger partial charge in [0.05, 0.1) is 0 Å². The number of likely N-dealkylation sites (tertiary alicyclic amines) is 1. The normalized spacial score (nSPS) is 14.0. The molecule has 0 radical (unpaired) electrons. The van der Waals surface area contributed by atoms with Gasteiger partial charge >= 0.3 is 6.03 Å². The molecule has 28 heavy (non-hydrogen) atoms. The van der Waals surface area contributed by atoms with Crippen molar-refractivity contribution in [2.45, 2.75) is 19.8 Å². The van der Waals surface area contributed by atoms with Crippen molar-refractivity contribution >= 4 is 6.03 Å². The first-order valence-corrected chi connectivity index (χ1v) is 9.63. The second-order valence-corrected chi connectivity index (χ2v) is 7.31. The summed E-state index contributed by atoms with van der Waals surface area (Å²) in [7, 11) is 0. The third-order valence-corrected chi connectivity index (χ3v) is 4.99. The molecular formula is C22H24N4O2. The third-order valence-electron chi connectivity index (χ3n) is 4.99. The molecule has 6 nitrogen and oxygen atoms in total. The number of urea groups is 1. The Hall–Kier alpha value is -3.15. The van der Waals surface area contributed by atoms with Crippen LogP contribution in [0.15, 0.2) is 59.0 Å². The molecule has 1 saturated heterocycles. The fourth-order valence-electron chi connectivity index (χ4n) is 3.36. The summed E-state index contributed by atoms with van der Waals surface area (Å²) in [6.45, 7) is 4.18. The molecule has 4 rings (SSSR count). The Morgan fingerprint density at radius 1 is 1.11 bits per heavy atom. The average molecular weight is 376 g/mol. The highest BCUT2D eigenvalue weighted by Crippen LogP contribution is 2.21. The van der Waals surface area contributed by atoms with Crippen molar-refractivity contribution in [1.29, 1.82) is 0 Å². The Bertz CT molecular complexity index is 915. The van der Waals surface area contributed by atoms with Gasteiger partial charge in [-0.2, -0.15) is 0 Å². The van der Waals surface area contributed by atoms with Gasteiger partial charge in [-0.1, -0.05) is 48.0 Å². The molecule has 144 valence electrons. The van der Waals surface area contributed by atoms with Crippen LogP contribution in [-0.4, -0.2) is 40.8 Å². The van der Waals surface area contributed by atoms with Gasteiger partial charge in [0.1, 0.15) is 0 Å². The third kappa shape index (κ3) is 4.39. The molecule has 1 aromatic heterocycles. The van der Waals surface area contributed by atoms with Gasteiger partial charge in [-0.05, 0) is 37.0 Å². The second kappa shape index (κ2) is 8.25. The lowest BCUT2D eigenvalue weighted by Gasteiger charge is -2.39. The molecular weight excluding hydrogens is 352 g/mol. The van der Waals surface area contributed by atoms with Gasteiger partial charge in [-0.15, -0.1) is 10.2 Å². The predicted molar refractivity (Wildman–Crippen MR) is 107 cm³/mol. The Balaban J connectivity index is 1.18. The molecule has 2 aromatic carbocycles. The van der Waals surface area contributed by atoms with E-state index in [0.29, 0.717) is 30.7 Å². The first kappa shape index (κ1) is 18.2. The van der Waals surface area contributed by atoms with Crippen LogP contribution in [0.4, 0.5) is 4.79 Å². The van der Waals surface area contributed by atoms with E-state index in [9.17, 15) is 4.79 Å². The first-order valence-electron chi connectivity index (χ1n) is 9.63. The second-order valence-electron chi connectivity index (χ2n) is 7.31. The highest BCUT2D eigenvalue weighted by Gasteiger charge is 2.30. The zero-order chi connectivity index (χ0) is 19.3. The first-order chi connectivity index (χ1) is 13.7. The molecule has 0 bridgehead atoms. The number of rotatable bonds is 6. The quantitative estimate of drug-likeness (QED) is 0.715. The highest BCUT2D eigenvalue weighted by atomic mass is 16.4. The van der Waals surface area contributed by atoms with Gasteiger partial charge in [0.25, 0.3) is 0 Å². The van der Waals surface area contributed by atoms with Crippen LogP contribution in [0.2, 0.25) is 0 Å². The summed E-state index contributed by atoms with van der Waals surface area (Å²) >= 11 is 0. The van der Waals surface area contributed by atoms with Gasteiger partial charge in [0.2, 0.25) is 11.8 Å². The SMILES string of the molecule is Cc1ccc(CC2CN(C(=O)NCCc3nnc(-c4ccccc4)o3)C2)cc1. The van der Waals surface area contributed by atoms with E-state index in [-0.39, 0.29) is 6.03 Å². The van der Waals surface area contributed by atoms with Gasteiger partial charge in [0, 0.05) is 31.6 Å². The number of hydrogen-bond donors (Lipinski definition) is 1. The lowest BCUT2D eigenvalue weighted by atomic mass is 9.92. The molecule has 3 aromatic rings. The van der Waals surface area contributed by atoms with Crippen LogP contribution in [0.5, 0.6) is 0 Å². The summed E-state index contributed by atoms with van der Waals surface area (Å²) in [4.78, 5) is 14.1. The molecule has 0 unspecified atom stereocenters. The minimum Gasteiger partial charge on any atom is -0.421 e. The Morgan fingerprint density at radius 3 is 2.61 bits per heavy atom. The fourth-order valence-corrected chi connectivity index (χ4v) is 3.36. The van der Waals surface area contributed by atoms with Gasteiger partial charge in [-0.25, -0.2) is 4.79 Å². The summed E-state index contributed by atoms with van der Waals surface area (Å²) in [5.74, 6) is 1.57. The molecule has 1 aliphatic heterocycles. The molecule has 0 spiro atoms. The van der Waals surface area contributed by atoms with Crippen molar-refractivity contribution in [3.63, 3.8) is 0 Å². The van der Waals surface area contributed by atoms with Crippen molar-refractivity contribution in [2.75, 3.05) is 19.6 Å². The lowest BCUT2D eigenvalue weighted by Crippen LogP contribution is -2.54. The maximum absolute atomic E-state index is 12.2. The van der Waals surface area contributed by atoms with E-state index in [1.807, 2.05) is 35.2 Å². The Kier molecular flexibility index (Phi) is 5.37. The largest absolute Gasteiger partial charge is 0.421 e. The van der Waals surface area contributed by atoms with Crippen LogP contribution in [0.1, 0.15) is 17.0 Å². The number of benzene rings is 2. The molecule has 1 N–H and O–H groups in total. The van der Waals surface area contributed by atoms with Gasteiger partial charge in [0.15, 0.2) is 0 Å². The maximum Gasteiger partial charge on any atom is 0.317 e. The van der Waals surface area contributed by atoms with E-state index >= 15 is 0 Å². The number of amides is 2. The zero-order valence-corrected chi connectivity index (χ0v) is 16.0. The molecule has 2 amide bonds. The van der Waals surface area contributed by atoms with Crippen LogP contribution in [0, 0.1) is 12.8 Å². The average Bonchev–Trinajstić information content (AvgIpc) is 3.15. The highest BCUT2D eigenvalue weighted by molar-refractivity contribution is 5.75. The minimum absolute atomic E-state index is 0.0250. The number of aryl methyl sites for hydroxylation is 1. The molecule has 6 heteroatoms. The number of carbonyl (C=O) groups excluding carboxylic acids is 1. The number of carbonyl (C=O) groups is 1. The molecule has 0 atom stereocenters. The van der Waals surface area contributed by atoms with E-state index in [2.05, 4.69) is 46.7 Å². The standard InChI is InChI=1S/C22H24N4O2/c1-16-7-9-17(10-8-16)13-18-14-26(15-18)22(27)23-12-11-20-24-25-21(28-20)19-5-3-2-4-6-19/h2-10,18H,11-15H2,1H3,(H,23,27). The summed E-state index contributed by atoms with van der Waals surface area (Å²) in [5.41, 5.74) is 3.50. The number of nitrogens with zero attached hydrogens (tertiary/aromatic N) is 3. The van der Waals surface area contributed by atoms with E-state index in [0.717, 1.165) is 25.1 Å². The van der Waals surface area contributed by atoms with E-state index in [4.69, 9.17) is 4.42 Å². The molecule has 1 fully saturated rings. The Morgan fingerprint density at radius 2 is 1.86 bits per heavy atom. The minimum atomic E-state index is -0.0250. The topological polar surface area (TPSA) is 71.3 Å². The predicted octanol–water partition coefficient (Wildman–Crippen LogP) is 3.47. The van der Waals surface area contributed by atoms with Crippen molar-refractivity contribution in [3.05, 3.63) is 71.6 Å². The van der Waals surface area contributed by atoms with E-state index < -0.39 is 0 Å². The fraction of sp³-hybridized carbons (Fsp3) is 0.318. The molecule has 2 heterocycles. The van der Waals surface area contributed by atoms with Crippen LogP contribution in [0.3, 0.4) is 0 Å². The summed E-state index contributed by atoms with van der Waals surface area (Å²) in [6.07, 6.45) is 1.54. The van der Waals surface area contributed by atoms with Crippen LogP contribution < -0.4 is 5.32 Å². The zero-order valence-electron chi connectivity index (χ0n) is 16.0. The number of nitrogens with one attached hydrogen (secondary N) is 1. The molecule has 0 saturated carbocycles.